The van der Waals surface area contributed by atoms with E-state index in [2.05, 4.69) is 5.32 Å². The van der Waals surface area contributed by atoms with Gasteiger partial charge in [-0.3, -0.25) is 14.9 Å². The van der Waals surface area contributed by atoms with Crippen molar-refractivity contribution in [1.82, 2.24) is 5.32 Å². The Morgan fingerprint density at radius 1 is 1.23 bits per heavy atom. The van der Waals surface area contributed by atoms with Gasteiger partial charge >= 0.3 is 12.1 Å². The fourth-order valence-electron chi connectivity index (χ4n) is 2.29. The third-order valence-corrected chi connectivity index (χ3v) is 3.67. The van der Waals surface area contributed by atoms with E-state index in [0.29, 0.717) is 5.56 Å². The summed E-state index contributed by atoms with van der Waals surface area (Å²) in [6.45, 7) is 0. The molecule has 0 aromatic heterocycles. The molecule has 0 atom stereocenters. The maximum Gasteiger partial charge on any atom is 0.490 e. The van der Waals surface area contributed by atoms with Crippen molar-refractivity contribution in [2.75, 3.05) is 0 Å². The maximum absolute atomic E-state index is 12.0. The van der Waals surface area contributed by atoms with E-state index < -0.39 is 17.1 Å². The number of aliphatic carboxylic acids is 1. The summed E-state index contributed by atoms with van der Waals surface area (Å²) in [5, 5.41) is 20.7. The lowest BCUT2D eigenvalue weighted by Crippen LogP contribution is -2.40. The Hall–Kier alpha value is -2.69. The highest BCUT2D eigenvalue weighted by Gasteiger charge is 2.38. The van der Waals surface area contributed by atoms with Crippen molar-refractivity contribution >= 4 is 17.6 Å². The molecule has 4 N–H and O–H groups in total. The topological polar surface area (TPSA) is 136 Å². The number of nitrogens with two attached hydrogens (primary N) is 1. The molecule has 0 radical (unpaired) electrons. The zero-order valence-corrected chi connectivity index (χ0v) is 13.5. The normalized spacial score (nSPS) is 19.7. The van der Waals surface area contributed by atoms with E-state index in [1.54, 1.807) is 6.07 Å². The first-order chi connectivity index (χ1) is 12.0. The van der Waals surface area contributed by atoms with E-state index in [1.807, 2.05) is 0 Å². The zero-order valence-electron chi connectivity index (χ0n) is 13.5. The molecule has 11 heteroatoms. The van der Waals surface area contributed by atoms with Crippen molar-refractivity contribution in [2.45, 2.75) is 43.9 Å². The van der Waals surface area contributed by atoms with Crippen LogP contribution in [-0.2, 0) is 4.79 Å². The molecule has 2 rings (SSSR count). The molecule has 26 heavy (non-hydrogen) atoms. The summed E-state index contributed by atoms with van der Waals surface area (Å²) >= 11 is 0. The molecule has 1 fully saturated rings. The molecule has 0 aliphatic heterocycles. The second-order valence-corrected chi connectivity index (χ2v) is 5.70. The number of halogens is 3. The predicted octanol–water partition coefficient (Wildman–Crippen LogP) is 2.23. The van der Waals surface area contributed by atoms with Gasteiger partial charge in [-0.05, 0) is 31.7 Å². The van der Waals surface area contributed by atoms with Crippen LogP contribution in [-0.4, -0.2) is 40.2 Å². The molecule has 144 valence electrons. The SMILES string of the molecule is NC1CCC(NC(=O)c2cccc([N+](=O)[O-])c2)CC1.O=C(O)C(F)(F)F. The van der Waals surface area contributed by atoms with Crippen LogP contribution in [0.4, 0.5) is 18.9 Å². The molecule has 8 nitrogen and oxygen atoms in total. The number of nitrogens with one attached hydrogen (secondary N) is 1. The average Bonchev–Trinajstić information content (AvgIpc) is 2.56. The number of carbonyl (C=O) groups is 2. The third kappa shape index (κ3) is 7.05. The summed E-state index contributed by atoms with van der Waals surface area (Å²) in [4.78, 5) is 31.1. The molecule has 1 amide bonds. The number of nitrogens with zero attached hydrogens (tertiary/aromatic N) is 1. The molecule has 1 saturated carbocycles. The first-order valence-electron chi connectivity index (χ1n) is 7.61. The van der Waals surface area contributed by atoms with Gasteiger partial charge < -0.3 is 16.2 Å². The molecule has 1 aromatic rings. The van der Waals surface area contributed by atoms with E-state index in [9.17, 15) is 28.1 Å². The number of carboxylic acids is 1. The standard InChI is InChI=1S/C13H17N3O3.C2HF3O2/c14-10-4-6-11(7-5-10)15-13(17)9-2-1-3-12(8-9)16(18)19;3-2(4,5)1(6)7/h1-3,8,10-11H,4-7,14H2,(H,15,17);(H,6,7). The lowest BCUT2D eigenvalue weighted by molar-refractivity contribution is -0.384. The number of carbonyl (C=O) groups excluding carboxylic acids is 1. The van der Waals surface area contributed by atoms with Crippen LogP contribution >= 0.6 is 0 Å². The number of hydrogen-bond donors (Lipinski definition) is 3. The molecule has 0 spiro atoms. The summed E-state index contributed by atoms with van der Waals surface area (Å²) < 4.78 is 31.7. The fourth-order valence-corrected chi connectivity index (χ4v) is 2.29. The number of non-ortho nitro benzene ring substituents is 1. The largest absolute Gasteiger partial charge is 0.490 e. The average molecular weight is 377 g/mol. The van der Waals surface area contributed by atoms with E-state index in [-0.39, 0.29) is 23.7 Å². The number of hydrogen-bond acceptors (Lipinski definition) is 5. The summed E-state index contributed by atoms with van der Waals surface area (Å²) in [7, 11) is 0. The van der Waals surface area contributed by atoms with E-state index in [1.165, 1.54) is 18.2 Å². The Morgan fingerprint density at radius 3 is 2.23 bits per heavy atom. The molecular formula is C15H18F3N3O5. The van der Waals surface area contributed by atoms with Gasteiger partial charge in [-0.2, -0.15) is 13.2 Å². The smallest absolute Gasteiger partial charge is 0.475 e. The highest BCUT2D eigenvalue weighted by molar-refractivity contribution is 5.95. The van der Waals surface area contributed by atoms with Crippen LogP contribution in [0.15, 0.2) is 24.3 Å². The van der Waals surface area contributed by atoms with Gasteiger partial charge in [0, 0.05) is 29.8 Å². The van der Waals surface area contributed by atoms with Crippen molar-refractivity contribution in [1.29, 1.82) is 0 Å². The Bertz CT molecular complexity index is 658. The van der Waals surface area contributed by atoms with Gasteiger partial charge in [-0.15, -0.1) is 0 Å². The van der Waals surface area contributed by atoms with Crippen molar-refractivity contribution in [3.05, 3.63) is 39.9 Å². The van der Waals surface area contributed by atoms with Crippen LogP contribution < -0.4 is 11.1 Å². The van der Waals surface area contributed by atoms with Crippen molar-refractivity contribution in [3.63, 3.8) is 0 Å². The molecule has 1 aliphatic rings. The monoisotopic (exact) mass is 377 g/mol. The van der Waals surface area contributed by atoms with Crippen LogP contribution in [0.2, 0.25) is 0 Å². The minimum absolute atomic E-state index is 0.0710. The summed E-state index contributed by atoms with van der Waals surface area (Å²) in [5.74, 6) is -3.02. The Balaban J connectivity index is 0.000000412. The maximum atomic E-state index is 12.0. The van der Waals surface area contributed by atoms with Crippen LogP contribution in [0, 0.1) is 10.1 Å². The van der Waals surface area contributed by atoms with E-state index in [0.717, 1.165) is 25.7 Å². The van der Waals surface area contributed by atoms with Gasteiger partial charge in [0.25, 0.3) is 11.6 Å². The van der Waals surface area contributed by atoms with Gasteiger partial charge in [0.15, 0.2) is 0 Å². The number of rotatable bonds is 3. The molecule has 0 bridgehead atoms. The first kappa shape index (κ1) is 21.4. The highest BCUT2D eigenvalue weighted by atomic mass is 19.4. The quantitative estimate of drug-likeness (QED) is 0.546. The Morgan fingerprint density at radius 2 is 1.77 bits per heavy atom. The number of benzene rings is 1. The molecule has 0 saturated heterocycles. The number of amides is 1. The Labute approximate surface area is 146 Å². The number of carboxylic acid groups (broad SMARTS) is 1. The summed E-state index contributed by atoms with van der Waals surface area (Å²) in [5.41, 5.74) is 6.06. The van der Waals surface area contributed by atoms with Crippen molar-refractivity contribution in [2.24, 2.45) is 5.73 Å². The van der Waals surface area contributed by atoms with Gasteiger partial charge in [-0.1, -0.05) is 6.07 Å². The van der Waals surface area contributed by atoms with Gasteiger partial charge in [0.2, 0.25) is 0 Å². The van der Waals surface area contributed by atoms with Crippen LogP contribution in [0.1, 0.15) is 36.0 Å². The molecule has 0 unspecified atom stereocenters. The predicted molar refractivity (Wildman–Crippen MR) is 84.5 cm³/mol. The second kappa shape index (κ2) is 9.13. The third-order valence-electron chi connectivity index (χ3n) is 3.67. The number of nitro groups is 1. The van der Waals surface area contributed by atoms with Crippen molar-refractivity contribution in [3.8, 4) is 0 Å². The van der Waals surface area contributed by atoms with Crippen molar-refractivity contribution < 1.29 is 32.8 Å². The Kier molecular flexibility index (Phi) is 7.50. The lowest BCUT2D eigenvalue weighted by Gasteiger charge is -2.26. The second-order valence-electron chi connectivity index (χ2n) is 5.70. The van der Waals surface area contributed by atoms with Crippen LogP contribution in [0.25, 0.3) is 0 Å². The van der Waals surface area contributed by atoms with Gasteiger partial charge in [0.05, 0.1) is 4.92 Å². The molecule has 1 aliphatic carbocycles. The van der Waals surface area contributed by atoms with E-state index >= 15 is 0 Å². The van der Waals surface area contributed by atoms with E-state index in [4.69, 9.17) is 15.6 Å². The molecule has 0 heterocycles. The minimum atomic E-state index is -5.08. The first-order valence-corrected chi connectivity index (χ1v) is 7.61. The lowest BCUT2D eigenvalue weighted by atomic mass is 9.91. The minimum Gasteiger partial charge on any atom is -0.475 e. The molecular weight excluding hydrogens is 359 g/mol. The fraction of sp³-hybridized carbons (Fsp3) is 0.467. The zero-order chi connectivity index (χ0) is 19.9. The van der Waals surface area contributed by atoms with Crippen LogP contribution in [0.5, 0.6) is 0 Å². The van der Waals surface area contributed by atoms with Gasteiger partial charge in [0.1, 0.15) is 0 Å². The highest BCUT2D eigenvalue weighted by Crippen LogP contribution is 2.18. The van der Waals surface area contributed by atoms with Gasteiger partial charge in [-0.25, -0.2) is 4.79 Å². The van der Waals surface area contributed by atoms with Crippen LogP contribution in [0.3, 0.4) is 0 Å². The summed E-state index contributed by atoms with van der Waals surface area (Å²) in [6.07, 6.45) is -1.55. The number of alkyl halides is 3. The molecule has 1 aromatic carbocycles. The summed E-state index contributed by atoms with van der Waals surface area (Å²) in [6, 6.07) is 6.11. The number of nitro benzene ring substituents is 1.